The molecule has 0 amide bonds. The summed E-state index contributed by atoms with van der Waals surface area (Å²) in [6.45, 7) is 3.13. The van der Waals surface area contributed by atoms with Gasteiger partial charge in [0, 0.05) is 27.6 Å². The van der Waals surface area contributed by atoms with Gasteiger partial charge in [0.2, 0.25) is 0 Å². The molecule has 29 heavy (non-hydrogen) atoms. The van der Waals surface area contributed by atoms with E-state index in [1.54, 1.807) is 12.1 Å². The van der Waals surface area contributed by atoms with Crippen molar-refractivity contribution in [1.82, 2.24) is 4.90 Å². The molecule has 1 N–H and O–H groups in total. The van der Waals surface area contributed by atoms with Gasteiger partial charge in [-0.1, -0.05) is 47.5 Å². The van der Waals surface area contributed by atoms with E-state index in [0.717, 1.165) is 42.8 Å². The molecule has 6 heteroatoms. The fraction of sp³-hybridized carbons (Fsp3) is 0.348. The molecular weight excluding hydrogens is 409 g/mol. The largest absolute Gasteiger partial charge is 0.492 e. The number of ether oxygens (including phenoxy) is 1. The van der Waals surface area contributed by atoms with E-state index >= 15 is 0 Å². The third-order valence-electron chi connectivity index (χ3n) is 5.95. The maximum Gasteiger partial charge on any atom is 0.304 e. The van der Waals surface area contributed by atoms with E-state index in [-0.39, 0.29) is 11.8 Å². The molecule has 2 aliphatic heterocycles. The topological polar surface area (TPSA) is 49.8 Å². The number of hydrogen-bond acceptors (Lipinski definition) is 3. The minimum atomic E-state index is -0.737. The number of nitrogens with zero attached hydrogens (tertiary/aromatic N) is 1. The predicted octanol–water partition coefficient (Wildman–Crippen LogP) is 5.36. The van der Waals surface area contributed by atoms with Crippen molar-refractivity contribution in [3.63, 3.8) is 0 Å². The molecule has 2 aliphatic rings. The van der Waals surface area contributed by atoms with Gasteiger partial charge in [-0.25, -0.2) is 0 Å². The van der Waals surface area contributed by atoms with Gasteiger partial charge in [-0.05, 0) is 61.3 Å². The minimum absolute atomic E-state index is 0.0492. The van der Waals surface area contributed by atoms with Crippen LogP contribution in [0.1, 0.15) is 36.0 Å². The quantitative estimate of drug-likeness (QED) is 0.646. The number of hydrogen-bond donors (Lipinski definition) is 1. The average molecular weight is 432 g/mol. The number of fused-ring (bicyclic) bond motifs is 2. The van der Waals surface area contributed by atoms with E-state index in [2.05, 4.69) is 23.1 Å². The zero-order valence-electron chi connectivity index (χ0n) is 16.0. The van der Waals surface area contributed by atoms with E-state index in [0.29, 0.717) is 23.2 Å². The van der Waals surface area contributed by atoms with Gasteiger partial charge in [0.15, 0.2) is 0 Å². The fourth-order valence-corrected chi connectivity index (χ4v) is 4.56. The van der Waals surface area contributed by atoms with Crippen LogP contribution in [0.2, 0.25) is 10.0 Å². The van der Waals surface area contributed by atoms with Crippen LogP contribution < -0.4 is 4.74 Å². The van der Waals surface area contributed by atoms with Crippen molar-refractivity contribution in [3.05, 3.63) is 63.1 Å². The molecule has 1 saturated heterocycles. The minimum Gasteiger partial charge on any atom is -0.492 e. The zero-order chi connectivity index (χ0) is 20.4. The molecule has 2 aromatic carbocycles. The number of carboxylic acids is 1. The number of benzene rings is 2. The summed E-state index contributed by atoms with van der Waals surface area (Å²) in [5, 5.41) is 10.2. The van der Waals surface area contributed by atoms with E-state index < -0.39 is 5.97 Å². The molecule has 0 aromatic heterocycles. The highest BCUT2D eigenvalue weighted by atomic mass is 35.5. The second-order valence-electron chi connectivity index (χ2n) is 7.81. The molecule has 0 saturated carbocycles. The summed E-state index contributed by atoms with van der Waals surface area (Å²) in [6, 6.07) is 11.8. The lowest BCUT2D eigenvalue weighted by Crippen LogP contribution is -2.44. The lowest BCUT2D eigenvalue weighted by atomic mass is 9.74. The lowest BCUT2D eigenvalue weighted by molar-refractivity contribution is -0.137. The van der Waals surface area contributed by atoms with Crippen molar-refractivity contribution in [3.8, 4) is 5.75 Å². The molecule has 4 rings (SSSR count). The summed E-state index contributed by atoms with van der Waals surface area (Å²) < 4.78 is 6.07. The molecule has 152 valence electrons. The Kier molecular flexibility index (Phi) is 5.86. The molecule has 0 bridgehead atoms. The monoisotopic (exact) mass is 431 g/mol. The Balaban J connectivity index is 1.46. The van der Waals surface area contributed by atoms with Crippen molar-refractivity contribution >= 4 is 41.3 Å². The summed E-state index contributed by atoms with van der Waals surface area (Å²) in [7, 11) is 0. The number of carbonyl (C=O) groups is 1. The molecule has 0 radical (unpaired) electrons. The van der Waals surface area contributed by atoms with Crippen LogP contribution in [0.4, 0.5) is 0 Å². The molecule has 1 fully saturated rings. The molecule has 0 atom stereocenters. The standard InChI is InChI=1S/C23H23Cl2NO3/c24-18-4-6-20(25)17(14-18)3-1-16-2-5-19-21(13-16)29-15-23(19)8-11-26(12-9-23)10-7-22(27)28/h1-6,13-14H,7-12,15H2,(H,27,28)/b3-1+. The summed E-state index contributed by atoms with van der Waals surface area (Å²) in [6.07, 6.45) is 6.16. The number of halogens is 2. The average Bonchev–Trinajstić information content (AvgIpc) is 3.06. The van der Waals surface area contributed by atoms with Crippen LogP contribution in [0.3, 0.4) is 0 Å². The van der Waals surface area contributed by atoms with Gasteiger partial charge in [-0.15, -0.1) is 0 Å². The van der Waals surface area contributed by atoms with E-state index in [9.17, 15) is 4.79 Å². The lowest BCUT2D eigenvalue weighted by Gasteiger charge is -2.38. The van der Waals surface area contributed by atoms with Crippen molar-refractivity contribution < 1.29 is 14.6 Å². The van der Waals surface area contributed by atoms with Crippen molar-refractivity contribution in [2.24, 2.45) is 0 Å². The van der Waals surface area contributed by atoms with Gasteiger partial charge in [-0.3, -0.25) is 4.79 Å². The Bertz CT molecular complexity index is 949. The molecule has 4 nitrogen and oxygen atoms in total. The number of carboxylic acid groups (broad SMARTS) is 1. The first kappa shape index (κ1) is 20.3. The van der Waals surface area contributed by atoms with E-state index in [4.69, 9.17) is 33.0 Å². The Morgan fingerprint density at radius 2 is 1.93 bits per heavy atom. The molecule has 2 heterocycles. The first-order valence-electron chi connectivity index (χ1n) is 9.80. The number of likely N-dealkylation sites (tertiary alicyclic amines) is 1. The van der Waals surface area contributed by atoms with Crippen molar-refractivity contribution in [1.29, 1.82) is 0 Å². The van der Waals surface area contributed by atoms with E-state index in [1.807, 2.05) is 18.2 Å². The SMILES string of the molecule is O=C(O)CCN1CCC2(CC1)COc1cc(/C=C/c3cc(Cl)ccc3Cl)ccc12. The van der Waals surface area contributed by atoms with Crippen molar-refractivity contribution in [2.75, 3.05) is 26.2 Å². The first-order valence-corrected chi connectivity index (χ1v) is 10.6. The van der Waals surface area contributed by atoms with Crippen LogP contribution in [-0.4, -0.2) is 42.2 Å². The van der Waals surface area contributed by atoms with Gasteiger partial charge in [0.1, 0.15) is 5.75 Å². The van der Waals surface area contributed by atoms with Crippen LogP contribution in [0, 0.1) is 0 Å². The van der Waals surface area contributed by atoms with Gasteiger partial charge < -0.3 is 14.7 Å². The Morgan fingerprint density at radius 3 is 2.69 bits per heavy atom. The predicted molar refractivity (Wildman–Crippen MR) is 117 cm³/mol. The van der Waals surface area contributed by atoms with E-state index in [1.165, 1.54) is 5.56 Å². The smallest absolute Gasteiger partial charge is 0.304 e. The number of piperidine rings is 1. The molecular formula is C23H23Cl2NO3. The highest BCUT2D eigenvalue weighted by Gasteiger charge is 2.42. The van der Waals surface area contributed by atoms with Gasteiger partial charge in [-0.2, -0.15) is 0 Å². The highest BCUT2D eigenvalue weighted by molar-refractivity contribution is 6.34. The van der Waals surface area contributed by atoms with Gasteiger partial charge in [0.25, 0.3) is 0 Å². The second kappa shape index (κ2) is 8.39. The molecule has 1 spiro atoms. The third kappa shape index (κ3) is 4.45. The number of aliphatic carboxylic acids is 1. The fourth-order valence-electron chi connectivity index (χ4n) is 4.19. The first-order chi connectivity index (χ1) is 13.9. The van der Waals surface area contributed by atoms with Crippen LogP contribution in [-0.2, 0) is 10.2 Å². The zero-order valence-corrected chi connectivity index (χ0v) is 17.5. The molecule has 0 aliphatic carbocycles. The Morgan fingerprint density at radius 1 is 1.14 bits per heavy atom. The third-order valence-corrected chi connectivity index (χ3v) is 6.53. The van der Waals surface area contributed by atoms with Gasteiger partial charge >= 0.3 is 5.97 Å². The second-order valence-corrected chi connectivity index (χ2v) is 8.65. The van der Waals surface area contributed by atoms with Crippen LogP contribution in [0.5, 0.6) is 5.75 Å². The molecule has 2 aromatic rings. The normalized spacial score (nSPS) is 18.1. The number of rotatable bonds is 5. The Hall–Kier alpha value is -2.01. The Labute approximate surface area is 180 Å². The van der Waals surface area contributed by atoms with Crippen LogP contribution in [0.25, 0.3) is 12.2 Å². The van der Waals surface area contributed by atoms with Crippen molar-refractivity contribution in [2.45, 2.75) is 24.7 Å². The van der Waals surface area contributed by atoms with Gasteiger partial charge in [0.05, 0.1) is 13.0 Å². The molecule has 0 unspecified atom stereocenters. The van der Waals surface area contributed by atoms with Crippen LogP contribution >= 0.6 is 23.2 Å². The summed E-state index contributed by atoms with van der Waals surface area (Å²) in [5.41, 5.74) is 3.25. The summed E-state index contributed by atoms with van der Waals surface area (Å²) in [5.74, 6) is 0.211. The highest BCUT2D eigenvalue weighted by Crippen LogP contribution is 2.46. The maximum absolute atomic E-state index is 10.8. The van der Waals surface area contributed by atoms with Crippen LogP contribution in [0.15, 0.2) is 36.4 Å². The summed E-state index contributed by atoms with van der Waals surface area (Å²) in [4.78, 5) is 13.0. The summed E-state index contributed by atoms with van der Waals surface area (Å²) >= 11 is 12.3. The maximum atomic E-state index is 10.8.